The second-order valence-electron chi connectivity index (χ2n) is 5.82. The molecule has 1 aromatic heterocycles. The second kappa shape index (κ2) is 7.68. The number of nitrogens with one attached hydrogen (secondary N) is 2. The average molecular weight is 348 g/mol. The van der Waals surface area contributed by atoms with Gasteiger partial charge in [-0.15, -0.1) is 0 Å². The number of hydrogen-bond acceptors (Lipinski definition) is 6. The summed E-state index contributed by atoms with van der Waals surface area (Å²) in [6.07, 6.45) is 0.927. The third-order valence-electron chi connectivity index (χ3n) is 3.81. The third kappa shape index (κ3) is 3.88. The van der Waals surface area contributed by atoms with E-state index >= 15 is 0 Å². The van der Waals surface area contributed by atoms with Crippen LogP contribution in [0, 0.1) is 0 Å². The van der Waals surface area contributed by atoms with E-state index in [2.05, 4.69) is 20.6 Å². The summed E-state index contributed by atoms with van der Waals surface area (Å²) < 4.78 is 5.72. The van der Waals surface area contributed by atoms with Crippen LogP contribution in [-0.2, 0) is 13.0 Å². The van der Waals surface area contributed by atoms with E-state index in [1.165, 1.54) is 5.56 Å². The number of benzene rings is 1. The van der Waals surface area contributed by atoms with Crippen molar-refractivity contribution in [3.63, 3.8) is 0 Å². The minimum Gasteiger partial charge on any atom is -0.490 e. The van der Waals surface area contributed by atoms with E-state index in [0.717, 1.165) is 31.0 Å². The molecule has 0 atom stereocenters. The standard InChI is InChI=1S/C17H22ClN5O/c1-23(2)17-21-14-11-19-8-7-12(14)16(22-17)20-9-10-24-15-6-4-3-5-13(15)18/h3-6,19H,7-11H2,1-2H3,(H,20,21,22). The van der Waals surface area contributed by atoms with Crippen molar-refractivity contribution in [3.8, 4) is 5.75 Å². The lowest BCUT2D eigenvalue weighted by atomic mass is 10.1. The van der Waals surface area contributed by atoms with E-state index in [9.17, 15) is 0 Å². The lowest BCUT2D eigenvalue weighted by Crippen LogP contribution is -2.28. The fraction of sp³-hybridized carbons (Fsp3) is 0.412. The summed E-state index contributed by atoms with van der Waals surface area (Å²) in [7, 11) is 3.89. The molecule has 2 aromatic rings. The number of halogens is 1. The summed E-state index contributed by atoms with van der Waals surface area (Å²) in [6, 6.07) is 7.48. The Labute approximate surface area is 147 Å². The van der Waals surface area contributed by atoms with Gasteiger partial charge in [-0.1, -0.05) is 23.7 Å². The van der Waals surface area contributed by atoms with Crippen LogP contribution in [0.3, 0.4) is 0 Å². The van der Waals surface area contributed by atoms with Crippen LogP contribution in [0.25, 0.3) is 0 Å². The number of rotatable bonds is 6. The maximum atomic E-state index is 6.09. The van der Waals surface area contributed by atoms with Gasteiger partial charge < -0.3 is 20.3 Å². The van der Waals surface area contributed by atoms with Gasteiger partial charge in [0.2, 0.25) is 5.95 Å². The van der Waals surface area contributed by atoms with Crippen molar-refractivity contribution < 1.29 is 4.74 Å². The normalized spacial score (nSPS) is 13.3. The minimum absolute atomic E-state index is 0.512. The van der Waals surface area contributed by atoms with Crippen molar-refractivity contribution in [1.82, 2.24) is 15.3 Å². The first-order valence-electron chi connectivity index (χ1n) is 8.04. The van der Waals surface area contributed by atoms with Crippen LogP contribution in [0.4, 0.5) is 11.8 Å². The van der Waals surface area contributed by atoms with E-state index in [4.69, 9.17) is 16.3 Å². The molecule has 0 bridgehead atoms. The molecule has 0 saturated carbocycles. The van der Waals surface area contributed by atoms with Crippen LogP contribution in [0.2, 0.25) is 5.02 Å². The first-order valence-corrected chi connectivity index (χ1v) is 8.42. The van der Waals surface area contributed by atoms with E-state index in [1.807, 2.05) is 43.3 Å². The molecule has 0 aliphatic carbocycles. The zero-order valence-electron chi connectivity index (χ0n) is 14.0. The summed E-state index contributed by atoms with van der Waals surface area (Å²) in [5, 5.41) is 7.36. The SMILES string of the molecule is CN(C)c1nc2c(c(NCCOc3ccccc3Cl)n1)CCNC2. The van der Waals surface area contributed by atoms with Crippen molar-refractivity contribution in [1.29, 1.82) is 0 Å². The molecule has 0 saturated heterocycles. The average Bonchev–Trinajstić information content (AvgIpc) is 2.59. The molecule has 2 heterocycles. The van der Waals surface area contributed by atoms with E-state index < -0.39 is 0 Å². The van der Waals surface area contributed by atoms with Gasteiger partial charge in [0.05, 0.1) is 17.3 Å². The first-order chi connectivity index (χ1) is 11.6. The predicted molar refractivity (Wildman–Crippen MR) is 97.2 cm³/mol. The second-order valence-corrected chi connectivity index (χ2v) is 6.23. The van der Waals surface area contributed by atoms with Crippen LogP contribution in [0.1, 0.15) is 11.3 Å². The lowest BCUT2D eigenvalue weighted by Gasteiger charge is -2.22. The molecule has 7 heteroatoms. The zero-order chi connectivity index (χ0) is 16.9. The fourth-order valence-corrected chi connectivity index (χ4v) is 2.78. The lowest BCUT2D eigenvalue weighted by molar-refractivity contribution is 0.333. The number of para-hydroxylation sites is 1. The van der Waals surface area contributed by atoms with E-state index in [1.54, 1.807) is 0 Å². The molecule has 2 N–H and O–H groups in total. The Morgan fingerprint density at radius 2 is 2.12 bits per heavy atom. The number of fused-ring (bicyclic) bond motifs is 1. The molecule has 3 rings (SSSR count). The molecule has 1 aromatic carbocycles. The Bertz CT molecular complexity index is 707. The number of ether oxygens (including phenoxy) is 1. The molecule has 0 radical (unpaired) electrons. The predicted octanol–water partition coefficient (Wildman–Crippen LogP) is 2.33. The van der Waals surface area contributed by atoms with E-state index in [0.29, 0.717) is 29.9 Å². The highest BCUT2D eigenvalue weighted by Gasteiger charge is 2.18. The maximum absolute atomic E-state index is 6.09. The number of nitrogens with zero attached hydrogens (tertiary/aromatic N) is 3. The Morgan fingerprint density at radius 3 is 2.92 bits per heavy atom. The zero-order valence-corrected chi connectivity index (χ0v) is 14.7. The van der Waals surface area contributed by atoms with Crippen LogP contribution < -0.4 is 20.3 Å². The van der Waals surface area contributed by atoms with Gasteiger partial charge in [0.15, 0.2) is 0 Å². The molecule has 1 aliphatic heterocycles. The first kappa shape index (κ1) is 16.8. The molecule has 6 nitrogen and oxygen atoms in total. The molecular formula is C17H22ClN5O. The van der Waals surface area contributed by atoms with Gasteiger partial charge in [0, 0.05) is 26.2 Å². The van der Waals surface area contributed by atoms with Gasteiger partial charge >= 0.3 is 0 Å². The monoisotopic (exact) mass is 347 g/mol. The number of anilines is 2. The smallest absolute Gasteiger partial charge is 0.227 e. The fourth-order valence-electron chi connectivity index (χ4n) is 2.58. The molecule has 0 fully saturated rings. The largest absolute Gasteiger partial charge is 0.490 e. The highest BCUT2D eigenvalue weighted by molar-refractivity contribution is 6.32. The molecule has 128 valence electrons. The van der Waals surface area contributed by atoms with Crippen LogP contribution >= 0.6 is 11.6 Å². The van der Waals surface area contributed by atoms with Gasteiger partial charge in [-0.05, 0) is 25.1 Å². The number of hydrogen-bond donors (Lipinski definition) is 2. The van der Waals surface area contributed by atoms with Crippen molar-refractivity contribution in [3.05, 3.63) is 40.5 Å². The molecule has 0 amide bonds. The highest BCUT2D eigenvalue weighted by Crippen LogP contribution is 2.24. The summed E-state index contributed by atoms with van der Waals surface area (Å²) in [4.78, 5) is 11.2. The highest BCUT2D eigenvalue weighted by atomic mass is 35.5. The summed E-state index contributed by atoms with van der Waals surface area (Å²) >= 11 is 6.09. The van der Waals surface area contributed by atoms with Gasteiger partial charge in [-0.25, -0.2) is 4.98 Å². The molecule has 0 unspecified atom stereocenters. The van der Waals surface area contributed by atoms with Gasteiger partial charge in [-0.3, -0.25) is 0 Å². The van der Waals surface area contributed by atoms with Crippen molar-refractivity contribution >= 4 is 23.4 Å². The van der Waals surface area contributed by atoms with Gasteiger partial charge in [0.25, 0.3) is 0 Å². The molecule has 0 spiro atoms. The van der Waals surface area contributed by atoms with Crippen molar-refractivity contribution in [2.75, 3.05) is 44.0 Å². The summed E-state index contributed by atoms with van der Waals surface area (Å²) in [5.41, 5.74) is 2.26. The Balaban J connectivity index is 1.66. The van der Waals surface area contributed by atoms with Gasteiger partial charge in [-0.2, -0.15) is 4.98 Å². The van der Waals surface area contributed by atoms with Gasteiger partial charge in [0.1, 0.15) is 18.2 Å². The third-order valence-corrected chi connectivity index (χ3v) is 4.13. The van der Waals surface area contributed by atoms with Crippen LogP contribution in [0.15, 0.2) is 24.3 Å². The molecule has 24 heavy (non-hydrogen) atoms. The summed E-state index contributed by atoms with van der Waals surface area (Å²) in [6.45, 7) is 2.89. The van der Waals surface area contributed by atoms with E-state index in [-0.39, 0.29) is 0 Å². The minimum atomic E-state index is 0.512. The molecule has 1 aliphatic rings. The summed E-state index contributed by atoms with van der Waals surface area (Å²) in [5.74, 6) is 2.31. The quantitative estimate of drug-likeness (QED) is 0.782. The van der Waals surface area contributed by atoms with Crippen molar-refractivity contribution in [2.24, 2.45) is 0 Å². The molecular weight excluding hydrogens is 326 g/mol. The van der Waals surface area contributed by atoms with Crippen LogP contribution in [-0.4, -0.2) is 43.8 Å². The van der Waals surface area contributed by atoms with Crippen LogP contribution in [0.5, 0.6) is 5.75 Å². The Hall–Kier alpha value is -2.05. The Morgan fingerprint density at radius 1 is 1.29 bits per heavy atom. The topological polar surface area (TPSA) is 62.3 Å². The Kier molecular flexibility index (Phi) is 5.37. The number of aromatic nitrogens is 2. The maximum Gasteiger partial charge on any atom is 0.227 e. The van der Waals surface area contributed by atoms with Crippen molar-refractivity contribution in [2.45, 2.75) is 13.0 Å².